The Morgan fingerprint density at radius 1 is 1.07 bits per heavy atom. The Kier molecular flexibility index (Phi) is 6.07. The van der Waals surface area contributed by atoms with Crippen LogP contribution < -0.4 is 4.90 Å². The van der Waals surface area contributed by atoms with E-state index in [-0.39, 0.29) is 11.5 Å². The minimum absolute atomic E-state index is 0.00684. The molecule has 0 fully saturated rings. The molecule has 1 aromatic carbocycles. The van der Waals surface area contributed by atoms with Crippen molar-refractivity contribution in [3.05, 3.63) is 41.7 Å². The van der Waals surface area contributed by atoms with Crippen LogP contribution in [0.25, 0.3) is 0 Å². The number of aliphatic imine (C=N–C) groups is 1. The number of anilines is 1. The molecule has 0 amide bonds. The number of rotatable bonds is 6. The molecule has 0 spiro atoms. The van der Waals surface area contributed by atoms with Crippen molar-refractivity contribution in [3.8, 4) is 0 Å². The summed E-state index contributed by atoms with van der Waals surface area (Å²) in [4.78, 5) is 9.61. The van der Waals surface area contributed by atoms with E-state index in [1.54, 1.807) is 0 Å². The van der Waals surface area contributed by atoms with Crippen molar-refractivity contribution in [2.24, 2.45) is 10.4 Å². The third kappa shape index (κ3) is 4.53. The first-order chi connectivity index (χ1) is 13.2. The summed E-state index contributed by atoms with van der Waals surface area (Å²) in [6.45, 7) is 18.3. The number of para-hydroxylation sites is 1. The standard InChI is InChI=1S/C24H37N3O/c1-17(2)20-9-8-10-21(18(3)4)22(20)27-14-13-26(16-27)12-11-19-15-28-23(25-19)24(5,6)7/h8-10,13-14,17-19H,11-12,15-16H2,1-7H3/t19-/m0/s1. The second kappa shape index (κ2) is 8.18. The average molecular weight is 384 g/mol. The molecular weight excluding hydrogens is 346 g/mol. The van der Waals surface area contributed by atoms with Crippen molar-refractivity contribution in [2.45, 2.75) is 72.8 Å². The largest absolute Gasteiger partial charge is 0.478 e. The molecule has 2 heterocycles. The summed E-state index contributed by atoms with van der Waals surface area (Å²) >= 11 is 0. The lowest BCUT2D eigenvalue weighted by Crippen LogP contribution is -2.29. The first kappa shape index (κ1) is 20.8. The molecule has 1 aromatic rings. The van der Waals surface area contributed by atoms with E-state index in [9.17, 15) is 0 Å². The summed E-state index contributed by atoms with van der Waals surface area (Å²) in [6.07, 6.45) is 5.49. The third-order valence-corrected chi connectivity index (χ3v) is 5.52. The molecule has 0 aliphatic carbocycles. The Morgan fingerprint density at radius 3 is 2.25 bits per heavy atom. The van der Waals surface area contributed by atoms with E-state index in [1.165, 1.54) is 16.8 Å². The Bertz CT molecular complexity index is 716. The van der Waals surface area contributed by atoms with Gasteiger partial charge in [0.1, 0.15) is 6.61 Å². The zero-order valence-electron chi connectivity index (χ0n) is 18.7. The lowest BCUT2D eigenvalue weighted by molar-refractivity contribution is 0.270. The van der Waals surface area contributed by atoms with E-state index in [2.05, 4.69) is 88.9 Å². The Hall–Kier alpha value is -1.97. The van der Waals surface area contributed by atoms with Gasteiger partial charge >= 0.3 is 0 Å². The van der Waals surface area contributed by atoms with E-state index in [0.29, 0.717) is 11.8 Å². The number of hydrogen-bond acceptors (Lipinski definition) is 4. The molecular formula is C24H37N3O. The molecule has 0 saturated heterocycles. The smallest absolute Gasteiger partial charge is 0.189 e. The molecule has 0 unspecified atom stereocenters. The van der Waals surface area contributed by atoms with Crippen LogP contribution in [0.3, 0.4) is 0 Å². The highest BCUT2D eigenvalue weighted by Crippen LogP contribution is 2.36. The van der Waals surface area contributed by atoms with Gasteiger partial charge in [-0.2, -0.15) is 0 Å². The van der Waals surface area contributed by atoms with E-state index in [0.717, 1.165) is 32.1 Å². The lowest BCUT2D eigenvalue weighted by Gasteiger charge is -2.28. The molecule has 0 bridgehead atoms. The summed E-state index contributed by atoms with van der Waals surface area (Å²) in [6, 6.07) is 7.05. The van der Waals surface area contributed by atoms with Crippen LogP contribution in [0.15, 0.2) is 35.6 Å². The second-order valence-electron chi connectivity index (χ2n) is 9.75. The Labute approximate surface area is 171 Å². The predicted molar refractivity (Wildman–Crippen MR) is 119 cm³/mol. The van der Waals surface area contributed by atoms with Gasteiger partial charge in [-0.25, -0.2) is 4.99 Å². The van der Waals surface area contributed by atoms with Crippen molar-refractivity contribution in [1.82, 2.24) is 4.90 Å². The van der Waals surface area contributed by atoms with Crippen LogP contribution in [0.5, 0.6) is 0 Å². The first-order valence-electron chi connectivity index (χ1n) is 10.7. The summed E-state index contributed by atoms with van der Waals surface area (Å²) in [5.74, 6) is 1.93. The summed E-state index contributed by atoms with van der Waals surface area (Å²) in [7, 11) is 0. The molecule has 0 N–H and O–H groups in total. The molecule has 1 atom stereocenters. The minimum atomic E-state index is 0.00684. The molecule has 0 radical (unpaired) electrons. The first-order valence-corrected chi connectivity index (χ1v) is 10.7. The summed E-state index contributed by atoms with van der Waals surface area (Å²) in [5, 5.41) is 0. The van der Waals surface area contributed by atoms with Crippen LogP contribution in [0.4, 0.5) is 5.69 Å². The quantitative estimate of drug-likeness (QED) is 0.629. The summed E-state index contributed by atoms with van der Waals surface area (Å²) in [5.41, 5.74) is 4.26. The van der Waals surface area contributed by atoms with Gasteiger partial charge in [0.25, 0.3) is 0 Å². The Balaban J connectivity index is 1.66. The van der Waals surface area contributed by atoms with Crippen LogP contribution in [-0.4, -0.2) is 36.7 Å². The van der Waals surface area contributed by atoms with Gasteiger partial charge in [-0.3, -0.25) is 0 Å². The fourth-order valence-corrected chi connectivity index (χ4v) is 3.89. The molecule has 3 rings (SSSR count). The highest BCUT2D eigenvalue weighted by molar-refractivity contribution is 5.82. The van der Waals surface area contributed by atoms with Gasteiger partial charge in [0.2, 0.25) is 0 Å². The highest BCUT2D eigenvalue weighted by atomic mass is 16.5. The Morgan fingerprint density at radius 2 is 1.71 bits per heavy atom. The topological polar surface area (TPSA) is 28.1 Å². The van der Waals surface area contributed by atoms with Gasteiger partial charge in [-0.05, 0) is 29.4 Å². The zero-order chi connectivity index (χ0) is 20.5. The number of benzene rings is 1. The molecule has 0 aromatic heterocycles. The van der Waals surface area contributed by atoms with Crippen LogP contribution >= 0.6 is 0 Å². The van der Waals surface area contributed by atoms with Gasteiger partial charge < -0.3 is 14.5 Å². The molecule has 2 aliphatic heterocycles. The van der Waals surface area contributed by atoms with Crippen molar-refractivity contribution in [3.63, 3.8) is 0 Å². The summed E-state index contributed by atoms with van der Waals surface area (Å²) < 4.78 is 5.82. The van der Waals surface area contributed by atoms with E-state index in [4.69, 9.17) is 9.73 Å². The zero-order valence-corrected chi connectivity index (χ0v) is 18.7. The average Bonchev–Trinajstić information content (AvgIpc) is 3.28. The van der Waals surface area contributed by atoms with Crippen molar-refractivity contribution in [1.29, 1.82) is 0 Å². The third-order valence-electron chi connectivity index (χ3n) is 5.52. The van der Waals surface area contributed by atoms with Gasteiger partial charge in [-0.15, -0.1) is 0 Å². The monoisotopic (exact) mass is 383 g/mol. The fraction of sp³-hybridized carbons (Fsp3) is 0.625. The SMILES string of the molecule is CC(C)c1cccc(C(C)C)c1N1C=CN(CC[C@H]2COC(C(C)(C)C)=N2)C1. The number of hydrogen-bond donors (Lipinski definition) is 0. The molecule has 28 heavy (non-hydrogen) atoms. The minimum Gasteiger partial charge on any atom is -0.478 e. The molecule has 4 heteroatoms. The van der Waals surface area contributed by atoms with E-state index in [1.807, 2.05) is 0 Å². The fourth-order valence-electron chi connectivity index (χ4n) is 3.89. The highest BCUT2D eigenvalue weighted by Gasteiger charge is 2.29. The van der Waals surface area contributed by atoms with Gasteiger partial charge in [0, 0.05) is 30.0 Å². The molecule has 0 saturated carbocycles. The van der Waals surface area contributed by atoms with Crippen molar-refractivity contribution < 1.29 is 4.74 Å². The normalized spacial score (nSPS) is 19.8. The maximum atomic E-state index is 5.82. The second-order valence-corrected chi connectivity index (χ2v) is 9.75. The van der Waals surface area contributed by atoms with E-state index >= 15 is 0 Å². The van der Waals surface area contributed by atoms with Gasteiger partial charge in [0.15, 0.2) is 5.90 Å². The molecule has 4 nitrogen and oxygen atoms in total. The maximum absolute atomic E-state index is 5.82. The number of ether oxygens (including phenoxy) is 1. The van der Waals surface area contributed by atoms with Crippen molar-refractivity contribution in [2.75, 3.05) is 24.7 Å². The number of nitrogens with zero attached hydrogens (tertiary/aromatic N) is 3. The predicted octanol–water partition coefficient (Wildman–Crippen LogP) is 5.72. The van der Waals surface area contributed by atoms with Crippen LogP contribution in [0.1, 0.15) is 77.8 Å². The molecule has 2 aliphatic rings. The van der Waals surface area contributed by atoms with Crippen molar-refractivity contribution >= 4 is 11.6 Å². The van der Waals surface area contributed by atoms with Gasteiger partial charge in [-0.1, -0.05) is 66.7 Å². The van der Waals surface area contributed by atoms with Crippen LogP contribution in [0, 0.1) is 5.41 Å². The maximum Gasteiger partial charge on any atom is 0.189 e. The van der Waals surface area contributed by atoms with Crippen LogP contribution in [0.2, 0.25) is 0 Å². The van der Waals surface area contributed by atoms with Crippen LogP contribution in [-0.2, 0) is 4.74 Å². The van der Waals surface area contributed by atoms with Gasteiger partial charge in [0.05, 0.1) is 12.7 Å². The van der Waals surface area contributed by atoms with E-state index < -0.39 is 0 Å². The lowest BCUT2D eigenvalue weighted by atomic mass is 9.92. The molecule has 154 valence electrons.